The zero-order chi connectivity index (χ0) is 16.4. The fraction of sp³-hybridized carbons (Fsp3) is 0. The van der Waals surface area contributed by atoms with E-state index in [0.717, 1.165) is 0 Å². The maximum absolute atomic E-state index is 11.9. The van der Waals surface area contributed by atoms with Gasteiger partial charge in [-0.25, -0.2) is 0 Å². The van der Waals surface area contributed by atoms with Crippen molar-refractivity contribution < 1.29 is 25.4 Å². The van der Waals surface area contributed by atoms with Crippen LogP contribution in [0.2, 0.25) is 0 Å². The van der Waals surface area contributed by atoms with E-state index < -0.39 is 20.2 Å². The van der Waals surface area contributed by atoms with Crippen LogP contribution in [0.5, 0.6) is 0 Å². The highest BCUT2D eigenvalue weighted by molar-refractivity contribution is 7.87. The van der Waals surface area contributed by atoms with Gasteiger partial charge in [0.2, 0.25) is 0 Å². The summed E-state index contributed by atoms with van der Waals surface area (Å²) >= 11 is 0. The van der Waals surface area contributed by atoms with E-state index in [1.807, 2.05) is 0 Å². The second-order valence-electron chi connectivity index (χ2n) is 4.09. The Bertz CT molecular complexity index is 818. The monoisotopic (exact) mass is 344 g/mol. The largest absolute Gasteiger partial charge is 0.313 e. The summed E-state index contributed by atoms with van der Waals surface area (Å²) in [6.07, 6.45) is 0. The Morgan fingerprint density at radius 2 is 0.955 bits per heavy atom. The zero-order valence-corrected chi connectivity index (χ0v) is 12.7. The highest BCUT2D eigenvalue weighted by atomic mass is 32.2. The van der Waals surface area contributed by atoms with Gasteiger partial charge in [-0.2, -0.15) is 37.2 Å². The van der Waals surface area contributed by atoms with Crippen LogP contribution in [0.4, 0.5) is 0 Å². The maximum Gasteiger partial charge on any atom is 0.313 e. The van der Waals surface area contributed by atoms with Crippen LogP contribution in [-0.2, 0) is 28.8 Å². The predicted molar refractivity (Wildman–Crippen MR) is 76.8 cm³/mol. The smallest absolute Gasteiger partial charge is 0.197 e. The summed E-state index contributed by atoms with van der Waals surface area (Å²) in [7, 11) is -8.47. The molecule has 22 heavy (non-hydrogen) atoms. The molecule has 0 fully saturated rings. The van der Waals surface area contributed by atoms with E-state index in [1.54, 1.807) is 0 Å². The molecule has 0 heterocycles. The van der Waals surface area contributed by atoms with E-state index in [9.17, 15) is 16.8 Å². The molecule has 0 spiro atoms. The average Bonchev–Trinajstić information content (AvgIpc) is 2.55. The number of nitrogens with two attached hydrogens (primary N) is 2. The summed E-state index contributed by atoms with van der Waals surface area (Å²) in [5.74, 6) is 9.57. The minimum atomic E-state index is -4.24. The van der Waals surface area contributed by atoms with Crippen molar-refractivity contribution in [3.63, 3.8) is 0 Å². The van der Waals surface area contributed by atoms with Crippen LogP contribution in [0.25, 0.3) is 11.1 Å². The molecule has 0 amide bonds. The van der Waals surface area contributed by atoms with E-state index in [0.29, 0.717) is 0 Å². The average molecular weight is 344 g/mol. The molecule has 0 saturated carbocycles. The van der Waals surface area contributed by atoms with Crippen LogP contribution in [0.1, 0.15) is 0 Å². The van der Waals surface area contributed by atoms with Crippen LogP contribution >= 0.6 is 0 Å². The Balaban J connectivity index is 2.81. The number of hydrogen-bond donors (Lipinski definition) is 2. The lowest BCUT2D eigenvalue weighted by Gasteiger charge is -2.12. The van der Waals surface area contributed by atoms with Gasteiger partial charge in [-0.3, -0.25) is 0 Å². The van der Waals surface area contributed by atoms with Crippen molar-refractivity contribution in [1.82, 2.24) is 0 Å². The van der Waals surface area contributed by atoms with Crippen LogP contribution in [-0.4, -0.2) is 16.8 Å². The Hall–Kier alpha value is -1.82. The van der Waals surface area contributed by atoms with Crippen molar-refractivity contribution in [2.75, 3.05) is 0 Å². The third-order valence-corrected chi connectivity index (χ3v) is 5.15. The lowest BCUT2D eigenvalue weighted by Crippen LogP contribution is -2.14. The molecule has 4 N–H and O–H groups in total. The van der Waals surface area contributed by atoms with Crippen molar-refractivity contribution >= 4 is 20.2 Å². The normalized spacial score (nSPS) is 12.3. The van der Waals surface area contributed by atoms with E-state index in [2.05, 4.69) is 8.57 Å². The van der Waals surface area contributed by atoms with Crippen LogP contribution in [0, 0.1) is 0 Å². The molecule has 2 aromatic carbocycles. The van der Waals surface area contributed by atoms with Gasteiger partial charge in [0.15, 0.2) is 0 Å². The summed E-state index contributed by atoms with van der Waals surface area (Å²) in [6, 6.07) is 11.3. The first-order valence-corrected chi connectivity index (χ1v) is 8.60. The third-order valence-electron chi connectivity index (χ3n) is 2.86. The Morgan fingerprint density at radius 3 is 1.27 bits per heavy atom. The van der Waals surface area contributed by atoms with Crippen molar-refractivity contribution in [3.05, 3.63) is 48.5 Å². The van der Waals surface area contributed by atoms with Gasteiger partial charge in [0, 0.05) is 11.1 Å². The van der Waals surface area contributed by atoms with Gasteiger partial charge < -0.3 is 0 Å². The van der Waals surface area contributed by atoms with Crippen LogP contribution < -0.4 is 11.8 Å². The summed E-state index contributed by atoms with van der Waals surface area (Å²) in [4.78, 5) is -0.561. The molecule has 0 aliphatic rings. The van der Waals surface area contributed by atoms with Gasteiger partial charge in [0.05, 0.1) is 0 Å². The molecular weight excluding hydrogens is 332 g/mol. The van der Waals surface area contributed by atoms with E-state index in [1.165, 1.54) is 48.5 Å². The molecule has 2 rings (SSSR count). The zero-order valence-electron chi connectivity index (χ0n) is 11.0. The van der Waals surface area contributed by atoms with Gasteiger partial charge in [0.25, 0.3) is 0 Å². The maximum atomic E-state index is 11.9. The minimum Gasteiger partial charge on any atom is -0.197 e. The first-order chi connectivity index (χ1) is 10.3. The highest BCUT2D eigenvalue weighted by Crippen LogP contribution is 2.33. The number of rotatable bonds is 5. The molecule has 0 bridgehead atoms. The predicted octanol–water partition coefficient (Wildman–Crippen LogP) is 0.512. The van der Waals surface area contributed by atoms with Crippen molar-refractivity contribution in [2.45, 2.75) is 9.79 Å². The summed E-state index contributed by atoms with van der Waals surface area (Å²) in [5, 5.41) is 0. The second-order valence-corrected chi connectivity index (χ2v) is 7.17. The number of benzene rings is 2. The molecule has 0 aliphatic heterocycles. The molecule has 8 nitrogen and oxygen atoms in total. The summed E-state index contributed by atoms with van der Waals surface area (Å²) in [5.41, 5.74) is 0.174. The van der Waals surface area contributed by atoms with E-state index in [-0.39, 0.29) is 20.9 Å². The molecule has 0 aliphatic carbocycles. The van der Waals surface area contributed by atoms with E-state index in [4.69, 9.17) is 11.8 Å². The molecular formula is C12H12N2O6S2. The molecule has 0 radical (unpaired) electrons. The third kappa shape index (κ3) is 3.02. The molecule has 0 unspecified atom stereocenters. The van der Waals surface area contributed by atoms with Gasteiger partial charge in [-0.05, 0) is 12.1 Å². The quantitative estimate of drug-likeness (QED) is 0.748. The van der Waals surface area contributed by atoms with Gasteiger partial charge in [0.1, 0.15) is 9.79 Å². The van der Waals surface area contributed by atoms with Crippen molar-refractivity contribution in [2.24, 2.45) is 11.8 Å². The van der Waals surface area contributed by atoms with Crippen molar-refractivity contribution in [3.8, 4) is 11.1 Å². The molecule has 2 aromatic rings. The fourth-order valence-corrected chi connectivity index (χ4v) is 3.51. The lowest BCUT2D eigenvalue weighted by molar-refractivity contribution is 0.331. The number of hydrogen-bond acceptors (Lipinski definition) is 8. The lowest BCUT2D eigenvalue weighted by atomic mass is 10.1. The van der Waals surface area contributed by atoms with E-state index >= 15 is 0 Å². The SMILES string of the molecule is NOS(=O)(=O)c1ccccc1-c1ccccc1S(=O)(=O)ON. The minimum absolute atomic E-state index is 0.0872. The Morgan fingerprint density at radius 1 is 0.636 bits per heavy atom. The first-order valence-electron chi connectivity index (χ1n) is 5.78. The molecule has 0 atom stereocenters. The van der Waals surface area contributed by atoms with Crippen LogP contribution in [0.15, 0.2) is 58.3 Å². The van der Waals surface area contributed by atoms with Gasteiger partial charge in [-0.15, -0.1) is 0 Å². The summed E-state index contributed by atoms with van der Waals surface area (Å²) < 4.78 is 55.5. The first kappa shape index (κ1) is 16.5. The Kier molecular flexibility index (Phi) is 4.60. The standard InChI is InChI=1S/C12H12N2O6S2/c13-19-21(15,16)11-7-3-1-5-9(11)10-6-2-4-8-12(10)22(17,18)20-14/h1-8H,13-14H2. The highest BCUT2D eigenvalue weighted by Gasteiger charge is 2.25. The van der Waals surface area contributed by atoms with Gasteiger partial charge >= 0.3 is 20.2 Å². The molecule has 0 aromatic heterocycles. The summed E-state index contributed by atoms with van der Waals surface area (Å²) in [6.45, 7) is 0. The second kappa shape index (κ2) is 6.12. The fourth-order valence-electron chi connectivity index (χ4n) is 1.92. The topological polar surface area (TPSA) is 139 Å². The molecule has 10 heteroatoms. The molecule has 118 valence electrons. The van der Waals surface area contributed by atoms with Gasteiger partial charge in [-0.1, -0.05) is 36.4 Å². The molecule has 0 saturated heterocycles. The van der Waals surface area contributed by atoms with Crippen molar-refractivity contribution in [1.29, 1.82) is 0 Å². The van der Waals surface area contributed by atoms with Crippen LogP contribution in [0.3, 0.4) is 0 Å². The Labute approximate surface area is 127 Å².